The van der Waals surface area contributed by atoms with E-state index >= 15 is 0 Å². The Labute approximate surface area is 113 Å². The first kappa shape index (κ1) is 15.1. The molecule has 0 aliphatic carbocycles. The van der Waals surface area contributed by atoms with Crippen LogP contribution in [0, 0.1) is 5.92 Å². The number of hydrogen-bond acceptors (Lipinski definition) is 3. The minimum absolute atomic E-state index is 0.115. The summed E-state index contributed by atoms with van der Waals surface area (Å²) in [6.45, 7) is 2.61. The quantitative estimate of drug-likeness (QED) is 0.753. The highest BCUT2D eigenvalue weighted by molar-refractivity contribution is 5.93. The monoisotopic (exact) mass is 264 g/mol. The summed E-state index contributed by atoms with van der Waals surface area (Å²) in [6.07, 6.45) is 5.75. The molecule has 1 aromatic rings. The van der Waals surface area contributed by atoms with Crippen LogP contribution in [-0.2, 0) is 4.79 Å². The van der Waals surface area contributed by atoms with Crippen LogP contribution in [0.25, 0.3) is 0 Å². The number of amides is 1. The molecule has 0 aliphatic heterocycles. The molecule has 104 valence electrons. The van der Waals surface area contributed by atoms with Crippen molar-refractivity contribution in [3.8, 4) is 0 Å². The number of carboxylic acid groups (broad SMARTS) is 1. The van der Waals surface area contributed by atoms with Crippen molar-refractivity contribution >= 4 is 11.9 Å². The van der Waals surface area contributed by atoms with Gasteiger partial charge in [0.25, 0.3) is 5.91 Å². The lowest BCUT2D eigenvalue weighted by molar-refractivity contribution is -0.137. The molecule has 5 heteroatoms. The van der Waals surface area contributed by atoms with Gasteiger partial charge in [-0.2, -0.15) is 0 Å². The van der Waals surface area contributed by atoms with Gasteiger partial charge in [0.2, 0.25) is 0 Å². The number of nitrogens with one attached hydrogen (secondary N) is 1. The number of carbonyl (C=O) groups excluding carboxylic acids is 1. The smallest absolute Gasteiger partial charge is 0.303 e. The van der Waals surface area contributed by atoms with Gasteiger partial charge >= 0.3 is 5.97 Å². The lowest BCUT2D eigenvalue weighted by Gasteiger charge is -2.14. The van der Waals surface area contributed by atoms with E-state index in [1.165, 1.54) is 0 Å². The molecule has 1 atom stereocenters. The van der Waals surface area contributed by atoms with Gasteiger partial charge in [-0.25, -0.2) is 0 Å². The van der Waals surface area contributed by atoms with E-state index in [0.29, 0.717) is 24.4 Å². The van der Waals surface area contributed by atoms with Crippen molar-refractivity contribution in [3.05, 3.63) is 30.1 Å². The van der Waals surface area contributed by atoms with Gasteiger partial charge in [0.05, 0.1) is 0 Å². The molecule has 0 radical (unpaired) electrons. The molecule has 0 aromatic carbocycles. The van der Waals surface area contributed by atoms with E-state index in [0.717, 1.165) is 12.8 Å². The molecule has 1 unspecified atom stereocenters. The summed E-state index contributed by atoms with van der Waals surface area (Å²) >= 11 is 0. The van der Waals surface area contributed by atoms with Crippen LogP contribution in [0.1, 0.15) is 43.0 Å². The van der Waals surface area contributed by atoms with Gasteiger partial charge in [0, 0.05) is 30.9 Å². The fourth-order valence-corrected chi connectivity index (χ4v) is 1.88. The Hall–Kier alpha value is -1.91. The Balaban J connectivity index is 2.28. The fourth-order valence-electron chi connectivity index (χ4n) is 1.88. The average Bonchev–Trinajstić information content (AvgIpc) is 2.43. The molecule has 1 rings (SSSR count). The highest BCUT2D eigenvalue weighted by Crippen LogP contribution is 2.14. The number of aromatic nitrogens is 1. The molecule has 1 amide bonds. The number of hydrogen-bond donors (Lipinski definition) is 2. The number of carbonyl (C=O) groups is 2. The third-order valence-electron chi connectivity index (χ3n) is 3.12. The van der Waals surface area contributed by atoms with E-state index < -0.39 is 5.97 Å². The summed E-state index contributed by atoms with van der Waals surface area (Å²) < 4.78 is 0. The molecule has 0 fully saturated rings. The third kappa shape index (κ3) is 5.99. The van der Waals surface area contributed by atoms with Gasteiger partial charge in [-0.1, -0.05) is 13.3 Å². The van der Waals surface area contributed by atoms with E-state index in [2.05, 4.69) is 10.3 Å². The Bertz CT molecular complexity index is 406. The number of nitrogens with zero attached hydrogens (tertiary/aromatic N) is 1. The number of carboxylic acids is 1. The molecule has 0 saturated carbocycles. The van der Waals surface area contributed by atoms with Crippen LogP contribution < -0.4 is 5.32 Å². The Kier molecular flexibility index (Phi) is 6.57. The molecule has 19 heavy (non-hydrogen) atoms. The van der Waals surface area contributed by atoms with Crippen molar-refractivity contribution in [2.45, 2.75) is 32.6 Å². The van der Waals surface area contributed by atoms with E-state index in [4.69, 9.17) is 5.11 Å². The van der Waals surface area contributed by atoms with Gasteiger partial charge in [0.1, 0.15) is 0 Å². The Morgan fingerprint density at radius 1 is 1.32 bits per heavy atom. The lowest BCUT2D eigenvalue weighted by Crippen LogP contribution is -2.26. The minimum atomic E-state index is -0.765. The highest BCUT2D eigenvalue weighted by Gasteiger charge is 2.10. The van der Waals surface area contributed by atoms with Crippen LogP contribution in [0.2, 0.25) is 0 Å². The predicted octanol–water partition coefficient (Wildman–Crippen LogP) is 2.09. The fraction of sp³-hybridized carbons (Fsp3) is 0.500. The Morgan fingerprint density at radius 3 is 2.58 bits per heavy atom. The maximum Gasteiger partial charge on any atom is 0.303 e. The maximum absolute atomic E-state index is 11.7. The zero-order chi connectivity index (χ0) is 14.1. The second-order valence-electron chi connectivity index (χ2n) is 4.49. The first-order chi connectivity index (χ1) is 9.13. The molecule has 1 aromatic heterocycles. The second kappa shape index (κ2) is 8.24. The molecule has 0 saturated heterocycles. The molecule has 0 bridgehead atoms. The van der Waals surface area contributed by atoms with Gasteiger partial charge in [-0.15, -0.1) is 0 Å². The molecule has 1 heterocycles. The van der Waals surface area contributed by atoms with Gasteiger partial charge < -0.3 is 10.4 Å². The maximum atomic E-state index is 11.7. The Morgan fingerprint density at radius 2 is 2.00 bits per heavy atom. The van der Waals surface area contributed by atoms with Crippen LogP contribution in [0.15, 0.2) is 24.5 Å². The van der Waals surface area contributed by atoms with Gasteiger partial charge in [0.15, 0.2) is 0 Å². The summed E-state index contributed by atoms with van der Waals surface area (Å²) in [5.74, 6) is -0.538. The van der Waals surface area contributed by atoms with Crippen molar-refractivity contribution in [2.24, 2.45) is 5.92 Å². The van der Waals surface area contributed by atoms with Gasteiger partial charge in [-0.3, -0.25) is 14.6 Å². The summed E-state index contributed by atoms with van der Waals surface area (Å²) in [4.78, 5) is 26.1. The van der Waals surface area contributed by atoms with Crippen LogP contribution in [0.4, 0.5) is 0 Å². The first-order valence-corrected chi connectivity index (χ1v) is 6.53. The first-order valence-electron chi connectivity index (χ1n) is 6.53. The zero-order valence-electron chi connectivity index (χ0n) is 11.1. The molecular formula is C14H20N2O3. The van der Waals surface area contributed by atoms with E-state index in [-0.39, 0.29) is 12.3 Å². The predicted molar refractivity (Wildman–Crippen MR) is 71.8 cm³/mol. The van der Waals surface area contributed by atoms with Crippen molar-refractivity contribution in [1.29, 1.82) is 0 Å². The van der Waals surface area contributed by atoms with Crippen molar-refractivity contribution < 1.29 is 14.7 Å². The SMILES string of the molecule is CCC(CCNC(=O)c1ccncc1)CCC(=O)O. The van der Waals surface area contributed by atoms with Gasteiger partial charge in [-0.05, 0) is 30.9 Å². The average molecular weight is 264 g/mol. The summed E-state index contributed by atoms with van der Waals surface area (Å²) in [6, 6.07) is 3.33. The lowest BCUT2D eigenvalue weighted by atomic mass is 9.96. The molecule has 0 spiro atoms. The zero-order valence-corrected chi connectivity index (χ0v) is 11.1. The molecule has 5 nitrogen and oxygen atoms in total. The number of rotatable bonds is 8. The topological polar surface area (TPSA) is 79.3 Å². The third-order valence-corrected chi connectivity index (χ3v) is 3.12. The molecule has 2 N–H and O–H groups in total. The van der Waals surface area contributed by atoms with Crippen LogP contribution >= 0.6 is 0 Å². The second-order valence-corrected chi connectivity index (χ2v) is 4.49. The van der Waals surface area contributed by atoms with Crippen LogP contribution in [-0.4, -0.2) is 28.5 Å². The minimum Gasteiger partial charge on any atom is -0.481 e. The number of aliphatic carboxylic acids is 1. The summed E-state index contributed by atoms with van der Waals surface area (Å²) in [5.41, 5.74) is 0.591. The van der Waals surface area contributed by atoms with Crippen molar-refractivity contribution in [1.82, 2.24) is 10.3 Å². The number of pyridine rings is 1. The summed E-state index contributed by atoms with van der Waals surface area (Å²) in [7, 11) is 0. The van der Waals surface area contributed by atoms with E-state index in [1.807, 2.05) is 6.92 Å². The van der Waals surface area contributed by atoms with Crippen LogP contribution in [0.5, 0.6) is 0 Å². The molecule has 0 aliphatic rings. The highest BCUT2D eigenvalue weighted by atomic mass is 16.4. The summed E-state index contributed by atoms with van der Waals surface area (Å²) in [5, 5.41) is 11.5. The van der Waals surface area contributed by atoms with Crippen molar-refractivity contribution in [2.75, 3.05) is 6.54 Å². The standard InChI is InChI=1S/C14H20N2O3/c1-2-11(3-4-13(17)18)5-10-16-14(19)12-6-8-15-9-7-12/h6-9,11H,2-5,10H2,1H3,(H,16,19)(H,17,18). The van der Waals surface area contributed by atoms with Crippen LogP contribution in [0.3, 0.4) is 0 Å². The van der Waals surface area contributed by atoms with Crippen molar-refractivity contribution in [3.63, 3.8) is 0 Å². The largest absolute Gasteiger partial charge is 0.481 e. The van der Waals surface area contributed by atoms with E-state index in [1.54, 1.807) is 24.5 Å². The normalized spacial score (nSPS) is 11.8. The van der Waals surface area contributed by atoms with E-state index in [9.17, 15) is 9.59 Å². The molecular weight excluding hydrogens is 244 g/mol.